The predicted octanol–water partition coefficient (Wildman–Crippen LogP) is 3.31. The maximum Gasteiger partial charge on any atom is 0.230 e. The number of aromatic nitrogens is 2. The van der Waals surface area contributed by atoms with E-state index in [1.54, 1.807) is 0 Å². The van der Waals surface area contributed by atoms with Crippen LogP contribution in [0.4, 0.5) is 0 Å². The molecule has 0 N–H and O–H groups in total. The largest absolute Gasteiger partial charge is 0.339 e. The van der Waals surface area contributed by atoms with E-state index >= 15 is 0 Å². The van der Waals surface area contributed by atoms with Crippen LogP contribution in [0.25, 0.3) is 11.4 Å². The number of hydrogen-bond donors (Lipinski definition) is 0. The molecule has 4 nitrogen and oxygen atoms in total. The van der Waals surface area contributed by atoms with E-state index in [9.17, 15) is 4.79 Å². The van der Waals surface area contributed by atoms with Crippen LogP contribution in [0.3, 0.4) is 0 Å². The van der Waals surface area contributed by atoms with Gasteiger partial charge in [0.15, 0.2) is 0 Å². The van der Waals surface area contributed by atoms with E-state index in [-0.39, 0.29) is 11.8 Å². The normalized spacial score (nSPS) is 29.3. The monoisotopic (exact) mass is 294 g/mol. The van der Waals surface area contributed by atoms with Crippen LogP contribution in [-0.4, -0.2) is 15.9 Å². The van der Waals surface area contributed by atoms with Crippen molar-refractivity contribution in [3.05, 3.63) is 35.2 Å². The summed E-state index contributed by atoms with van der Waals surface area (Å²) in [5.74, 6) is 2.53. The van der Waals surface area contributed by atoms with E-state index in [0.29, 0.717) is 23.4 Å². The van der Waals surface area contributed by atoms with Crippen LogP contribution in [-0.2, 0) is 17.6 Å². The molecule has 0 amide bonds. The third-order valence-corrected chi connectivity index (χ3v) is 5.68. The summed E-state index contributed by atoms with van der Waals surface area (Å²) in [6.45, 7) is 0. The van der Waals surface area contributed by atoms with Crippen molar-refractivity contribution in [3.8, 4) is 11.4 Å². The van der Waals surface area contributed by atoms with Crippen LogP contribution in [0.15, 0.2) is 22.7 Å². The molecule has 0 spiro atoms. The van der Waals surface area contributed by atoms with E-state index in [1.165, 1.54) is 24.0 Å². The summed E-state index contributed by atoms with van der Waals surface area (Å²) in [6.07, 6.45) is 6.37. The minimum atomic E-state index is 0.123. The van der Waals surface area contributed by atoms with Crippen molar-refractivity contribution in [2.24, 2.45) is 11.8 Å². The van der Waals surface area contributed by atoms with Crippen molar-refractivity contribution >= 4 is 5.78 Å². The van der Waals surface area contributed by atoms with Gasteiger partial charge in [0, 0.05) is 23.8 Å². The van der Waals surface area contributed by atoms with Gasteiger partial charge in [0.25, 0.3) is 0 Å². The molecular weight excluding hydrogens is 276 g/mol. The minimum Gasteiger partial charge on any atom is -0.339 e. The van der Waals surface area contributed by atoms with Gasteiger partial charge in [-0.25, -0.2) is 0 Å². The van der Waals surface area contributed by atoms with E-state index < -0.39 is 0 Å². The van der Waals surface area contributed by atoms with Crippen molar-refractivity contribution in [1.29, 1.82) is 0 Å². The van der Waals surface area contributed by atoms with Gasteiger partial charge in [-0.05, 0) is 55.2 Å². The van der Waals surface area contributed by atoms with Gasteiger partial charge in [-0.1, -0.05) is 17.3 Å². The third kappa shape index (κ3) is 1.79. The first-order valence-electron chi connectivity index (χ1n) is 8.26. The number of carbonyl (C=O) groups excluding carboxylic acids is 1. The molecule has 0 radical (unpaired) electrons. The van der Waals surface area contributed by atoms with Gasteiger partial charge in [0.05, 0.1) is 0 Å². The van der Waals surface area contributed by atoms with Crippen LogP contribution in [0, 0.1) is 11.8 Å². The number of hydrogen-bond acceptors (Lipinski definition) is 4. The molecule has 0 saturated heterocycles. The summed E-state index contributed by atoms with van der Waals surface area (Å²) in [6, 6.07) is 6.47. The fourth-order valence-corrected chi connectivity index (χ4v) is 4.59. The number of benzene rings is 1. The number of Topliss-reactive ketones (excluding diaryl/α,β-unsaturated/α-hetero) is 1. The van der Waals surface area contributed by atoms with Crippen LogP contribution >= 0.6 is 0 Å². The lowest BCUT2D eigenvalue weighted by Crippen LogP contribution is -2.18. The molecule has 2 aromatic rings. The van der Waals surface area contributed by atoms with Crippen molar-refractivity contribution in [2.45, 2.75) is 44.4 Å². The van der Waals surface area contributed by atoms with Crippen molar-refractivity contribution < 1.29 is 9.32 Å². The molecule has 1 unspecified atom stereocenters. The molecule has 1 heterocycles. The Labute approximate surface area is 128 Å². The Morgan fingerprint density at radius 1 is 1.09 bits per heavy atom. The summed E-state index contributed by atoms with van der Waals surface area (Å²) in [5.41, 5.74) is 3.90. The first-order valence-corrected chi connectivity index (χ1v) is 8.26. The summed E-state index contributed by atoms with van der Waals surface area (Å²) >= 11 is 0. The molecular formula is C18H18N2O2. The molecule has 4 heteroatoms. The molecule has 1 aromatic heterocycles. The fourth-order valence-electron chi connectivity index (χ4n) is 4.59. The smallest absolute Gasteiger partial charge is 0.230 e. The molecule has 2 fully saturated rings. The Morgan fingerprint density at radius 2 is 1.95 bits per heavy atom. The third-order valence-electron chi connectivity index (χ3n) is 5.68. The summed E-state index contributed by atoms with van der Waals surface area (Å²) in [4.78, 5) is 16.5. The average Bonchev–Trinajstić information content (AvgIpc) is 3.28. The SMILES string of the molecule is O=C1C[C@@H]2CC(c3nc(-c4ccc5c(c4)CCC5)no3)[C@H]1C2. The lowest BCUT2D eigenvalue weighted by atomic mass is 9.88. The van der Waals surface area contributed by atoms with Crippen molar-refractivity contribution in [2.75, 3.05) is 0 Å². The Bertz CT molecular complexity index is 764. The topological polar surface area (TPSA) is 56.0 Å². The quantitative estimate of drug-likeness (QED) is 0.852. The van der Waals surface area contributed by atoms with E-state index in [0.717, 1.165) is 31.2 Å². The van der Waals surface area contributed by atoms with Gasteiger partial charge in [-0.2, -0.15) is 4.98 Å². The molecule has 3 aliphatic carbocycles. The first-order chi connectivity index (χ1) is 10.8. The van der Waals surface area contributed by atoms with Crippen LogP contribution in [0.2, 0.25) is 0 Å². The first kappa shape index (κ1) is 12.6. The molecule has 1 aromatic carbocycles. The number of aryl methyl sites for hydroxylation is 2. The molecule has 5 rings (SSSR count). The van der Waals surface area contributed by atoms with Crippen LogP contribution < -0.4 is 0 Å². The minimum absolute atomic E-state index is 0.123. The van der Waals surface area contributed by atoms with Gasteiger partial charge < -0.3 is 4.52 Å². The second-order valence-electron chi connectivity index (χ2n) is 7.01. The molecule has 3 atom stereocenters. The number of carbonyl (C=O) groups is 1. The van der Waals surface area contributed by atoms with Crippen molar-refractivity contribution in [3.63, 3.8) is 0 Å². The molecule has 0 aliphatic heterocycles. The van der Waals surface area contributed by atoms with Gasteiger partial charge >= 0.3 is 0 Å². The van der Waals surface area contributed by atoms with Crippen LogP contribution in [0.1, 0.15) is 48.6 Å². The number of fused-ring (bicyclic) bond motifs is 3. The number of nitrogens with zero attached hydrogens (tertiary/aromatic N) is 2. The maximum absolute atomic E-state index is 11.9. The van der Waals surface area contributed by atoms with Gasteiger partial charge in [-0.3, -0.25) is 4.79 Å². The average molecular weight is 294 g/mol. The zero-order chi connectivity index (χ0) is 14.7. The molecule has 2 bridgehead atoms. The summed E-state index contributed by atoms with van der Waals surface area (Å²) in [7, 11) is 0. The summed E-state index contributed by atoms with van der Waals surface area (Å²) in [5, 5.41) is 4.17. The van der Waals surface area contributed by atoms with Gasteiger partial charge in [0.1, 0.15) is 5.78 Å². The highest BCUT2D eigenvalue weighted by Gasteiger charge is 2.48. The molecule has 3 aliphatic rings. The van der Waals surface area contributed by atoms with Gasteiger partial charge in [-0.15, -0.1) is 0 Å². The Balaban J connectivity index is 1.46. The lowest BCUT2D eigenvalue weighted by Gasteiger charge is -2.16. The van der Waals surface area contributed by atoms with Gasteiger partial charge in [0.2, 0.25) is 11.7 Å². The summed E-state index contributed by atoms with van der Waals surface area (Å²) < 4.78 is 5.51. The highest BCUT2D eigenvalue weighted by molar-refractivity contribution is 5.85. The Morgan fingerprint density at radius 3 is 2.82 bits per heavy atom. The molecule has 22 heavy (non-hydrogen) atoms. The number of ketones is 1. The zero-order valence-corrected chi connectivity index (χ0v) is 12.4. The molecule has 2 saturated carbocycles. The Kier molecular flexibility index (Phi) is 2.58. The van der Waals surface area contributed by atoms with Crippen molar-refractivity contribution in [1.82, 2.24) is 10.1 Å². The zero-order valence-electron chi connectivity index (χ0n) is 12.4. The predicted molar refractivity (Wildman–Crippen MR) is 80.3 cm³/mol. The van der Waals surface area contributed by atoms with E-state index in [2.05, 4.69) is 28.3 Å². The fraction of sp³-hybridized carbons (Fsp3) is 0.500. The highest BCUT2D eigenvalue weighted by Crippen LogP contribution is 2.50. The second kappa shape index (κ2) is 4.51. The van der Waals surface area contributed by atoms with E-state index in [1.807, 2.05) is 0 Å². The number of rotatable bonds is 2. The molecule has 112 valence electrons. The Hall–Kier alpha value is -1.97. The maximum atomic E-state index is 11.9. The standard InChI is InChI=1S/C18H18N2O2/c21-16-8-10-6-14(16)15(7-10)18-19-17(20-22-18)13-5-4-11-2-1-3-12(11)9-13/h4-5,9-10,14-15H,1-3,6-8H2/t10-,14+,15?/m0/s1. The second-order valence-corrected chi connectivity index (χ2v) is 7.01. The lowest BCUT2D eigenvalue weighted by molar-refractivity contribution is -0.122. The van der Waals surface area contributed by atoms with Crippen LogP contribution in [0.5, 0.6) is 0 Å². The van der Waals surface area contributed by atoms with E-state index in [4.69, 9.17) is 4.52 Å². The highest BCUT2D eigenvalue weighted by atomic mass is 16.5.